The van der Waals surface area contributed by atoms with Crippen LogP contribution in [0.1, 0.15) is 20.3 Å². The molecule has 0 radical (unpaired) electrons. The standard InChI is InChI=1S/C14H21NO7/c1-3-13(9(2)17)22-14(12(18)8-16)21-11-6-4-10(5-7-11)15(19)20/h4-7,9,12-14,16-18H,3,8H2,1-2H3/t9-,12+,13?,14?/m1/s1. The Bertz CT molecular complexity index is 463. The van der Waals surface area contributed by atoms with Crippen molar-refractivity contribution >= 4 is 5.69 Å². The van der Waals surface area contributed by atoms with E-state index < -0.39 is 36.1 Å². The van der Waals surface area contributed by atoms with Crippen molar-refractivity contribution in [3.05, 3.63) is 34.4 Å². The first-order chi connectivity index (χ1) is 10.4. The molecule has 0 aromatic heterocycles. The van der Waals surface area contributed by atoms with E-state index in [4.69, 9.17) is 14.6 Å². The Morgan fingerprint density at radius 3 is 2.27 bits per heavy atom. The summed E-state index contributed by atoms with van der Waals surface area (Å²) in [5.74, 6) is 0.239. The second-order valence-electron chi connectivity index (χ2n) is 4.81. The molecular formula is C14H21NO7. The second kappa shape index (κ2) is 8.64. The molecule has 0 fully saturated rings. The fourth-order valence-electron chi connectivity index (χ4n) is 1.79. The van der Waals surface area contributed by atoms with Crippen molar-refractivity contribution in [3.8, 4) is 5.75 Å². The maximum absolute atomic E-state index is 10.6. The minimum Gasteiger partial charge on any atom is -0.462 e. The van der Waals surface area contributed by atoms with Gasteiger partial charge in [0.1, 0.15) is 11.9 Å². The third-order valence-electron chi connectivity index (χ3n) is 3.05. The van der Waals surface area contributed by atoms with Crippen LogP contribution < -0.4 is 4.74 Å². The first kappa shape index (κ1) is 18.3. The highest BCUT2D eigenvalue weighted by molar-refractivity contribution is 5.36. The van der Waals surface area contributed by atoms with E-state index in [0.29, 0.717) is 6.42 Å². The molecule has 0 spiro atoms. The van der Waals surface area contributed by atoms with Crippen LogP contribution in [-0.2, 0) is 4.74 Å². The van der Waals surface area contributed by atoms with Gasteiger partial charge in [0.15, 0.2) is 0 Å². The minimum absolute atomic E-state index is 0.0945. The number of aliphatic hydroxyl groups excluding tert-OH is 3. The second-order valence-corrected chi connectivity index (χ2v) is 4.81. The molecule has 1 rings (SSSR count). The molecule has 0 aliphatic rings. The number of rotatable bonds is 9. The first-order valence-electron chi connectivity index (χ1n) is 6.92. The van der Waals surface area contributed by atoms with Crippen LogP contribution in [0.2, 0.25) is 0 Å². The van der Waals surface area contributed by atoms with Gasteiger partial charge in [-0.2, -0.15) is 0 Å². The van der Waals surface area contributed by atoms with E-state index >= 15 is 0 Å². The molecule has 1 aromatic carbocycles. The first-order valence-corrected chi connectivity index (χ1v) is 6.92. The maximum atomic E-state index is 10.6. The highest BCUT2D eigenvalue weighted by Crippen LogP contribution is 2.21. The van der Waals surface area contributed by atoms with Crippen molar-refractivity contribution in [1.82, 2.24) is 0 Å². The van der Waals surface area contributed by atoms with Gasteiger partial charge in [0.05, 0.1) is 23.7 Å². The number of non-ortho nitro benzene ring substituents is 1. The fourth-order valence-corrected chi connectivity index (χ4v) is 1.79. The summed E-state index contributed by atoms with van der Waals surface area (Å²) in [7, 11) is 0. The zero-order valence-corrected chi connectivity index (χ0v) is 12.5. The van der Waals surface area contributed by atoms with E-state index in [2.05, 4.69) is 0 Å². The number of nitro groups is 1. The Balaban J connectivity index is 2.82. The van der Waals surface area contributed by atoms with Gasteiger partial charge in [0.25, 0.3) is 5.69 Å². The quantitative estimate of drug-likeness (QED) is 0.350. The van der Waals surface area contributed by atoms with E-state index in [1.165, 1.54) is 24.3 Å². The van der Waals surface area contributed by atoms with E-state index in [0.717, 1.165) is 0 Å². The average Bonchev–Trinajstić information content (AvgIpc) is 2.50. The molecule has 8 heteroatoms. The van der Waals surface area contributed by atoms with Crippen molar-refractivity contribution in [3.63, 3.8) is 0 Å². The van der Waals surface area contributed by atoms with Crippen LogP contribution in [-0.4, -0.2) is 51.5 Å². The number of nitro benzene ring substituents is 1. The van der Waals surface area contributed by atoms with Gasteiger partial charge in [0, 0.05) is 12.1 Å². The van der Waals surface area contributed by atoms with Gasteiger partial charge < -0.3 is 24.8 Å². The molecule has 0 saturated heterocycles. The van der Waals surface area contributed by atoms with E-state index in [-0.39, 0.29) is 11.4 Å². The van der Waals surface area contributed by atoms with Gasteiger partial charge in [-0.05, 0) is 25.5 Å². The molecule has 4 atom stereocenters. The molecular weight excluding hydrogens is 294 g/mol. The van der Waals surface area contributed by atoms with Crippen molar-refractivity contribution < 1.29 is 29.7 Å². The van der Waals surface area contributed by atoms with Gasteiger partial charge in [0.2, 0.25) is 6.29 Å². The Morgan fingerprint density at radius 1 is 1.27 bits per heavy atom. The SMILES string of the molecule is CCC(OC(Oc1ccc([N+](=O)[O-])cc1)[C@@H](O)CO)[C@@H](C)O. The van der Waals surface area contributed by atoms with E-state index in [1.54, 1.807) is 13.8 Å². The van der Waals surface area contributed by atoms with Crippen molar-refractivity contribution in [2.75, 3.05) is 6.61 Å². The van der Waals surface area contributed by atoms with E-state index in [1.807, 2.05) is 0 Å². The van der Waals surface area contributed by atoms with Crippen LogP contribution in [0.3, 0.4) is 0 Å². The Hall–Kier alpha value is -1.74. The van der Waals surface area contributed by atoms with Crippen molar-refractivity contribution in [2.45, 2.75) is 44.9 Å². The van der Waals surface area contributed by atoms with Crippen molar-refractivity contribution in [2.24, 2.45) is 0 Å². The summed E-state index contributed by atoms with van der Waals surface area (Å²) in [6, 6.07) is 5.23. The van der Waals surface area contributed by atoms with Gasteiger partial charge in [-0.25, -0.2) is 0 Å². The van der Waals surface area contributed by atoms with Gasteiger partial charge in [-0.3, -0.25) is 10.1 Å². The van der Waals surface area contributed by atoms with Crippen LogP contribution in [0.15, 0.2) is 24.3 Å². The topological polar surface area (TPSA) is 122 Å². The maximum Gasteiger partial charge on any atom is 0.269 e. The Kier molecular flexibility index (Phi) is 7.19. The fraction of sp³-hybridized carbons (Fsp3) is 0.571. The lowest BCUT2D eigenvalue weighted by atomic mass is 10.2. The molecule has 0 saturated carbocycles. The predicted octanol–water partition coefficient (Wildman–Crippen LogP) is 0.829. The summed E-state index contributed by atoms with van der Waals surface area (Å²) in [4.78, 5) is 10.0. The summed E-state index contributed by atoms with van der Waals surface area (Å²) in [5.41, 5.74) is -0.0945. The van der Waals surface area contributed by atoms with Crippen molar-refractivity contribution in [1.29, 1.82) is 0 Å². The number of nitrogens with zero attached hydrogens (tertiary/aromatic N) is 1. The summed E-state index contributed by atoms with van der Waals surface area (Å²) in [6.07, 6.45) is -3.40. The molecule has 8 nitrogen and oxygen atoms in total. The number of hydrogen-bond donors (Lipinski definition) is 3. The largest absolute Gasteiger partial charge is 0.462 e. The normalized spacial score (nSPS) is 16.6. The summed E-state index contributed by atoms with van der Waals surface area (Å²) < 4.78 is 10.9. The van der Waals surface area contributed by atoms with E-state index in [9.17, 15) is 20.3 Å². The van der Waals surface area contributed by atoms with Crippen LogP contribution in [0.4, 0.5) is 5.69 Å². The lowest BCUT2D eigenvalue weighted by molar-refractivity contribution is -0.384. The highest BCUT2D eigenvalue weighted by Gasteiger charge is 2.27. The highest BCUT2D eigenvalue weighted by atomic mass is 16.7. The average molecular weight is 315 g/mol. The molecule has 0 heterocycles. The zero-order chi connectivity index (χ0) is 16.7. The third kappa shape index (κ3) is 5.23. The van der Waals surface area contributed by atoms with Crippen LogP contribution in [0.25, 0.3) is 0 Å². The molecule has 0 bridgehead atoms. The minimum atomic E-state index is -1.32. The molecule has 22 heavy (non-hydrogen) atoms. The predicted molar refractivity (Wildman–Crippen MR) is 77.4 cm³/mol. The number of aliphatic hydroxyl groups is 3. The summed E-state index contributed by atoms with van der Waals surface area (Å²) in [6.45, 7) is 2.75. The van der Waals surface area contributed by atoms with Gasteiger partial charge in [-0.15, -0.1) is 0 Å². The van der Waals surface area contributed by atoms with Gasteiger partial charge in [-0.1, -0.05) is 6.92 Å². The smallest absolute Gasteiger partial charge is 0.269 e. The van der Waals surface area contributed by atoms with Crippen LogP contribution >= 0.6 is 0 Å². The lowest BCUT2D eigenvalue weighted by Crippen LogP contribution is -2.42. The van der Waals surface area contributed by atoms with Crippen LogP contribution in [0.5, 0.6) is 5.75 Å². The van der Waals surface area contributed by atoms with Crippen LogP contribution in [0, 0.1) is 10.1 Å². The monoisotopic (exact) mass is 315 g/mol. The molecule has 124 valence electrons. The Morgan fingerprint density at radius 2 is 1.86 bits per heavy atom. The molecule has 1 aromatic rings. The number of benzene rings is 1. The lowest BCUT2D eigenvalue weighted by Gasteiger charge is -2.28. The molecule has 2 unspecified atom stereocenters. The Labute approximate surface area is 128 Å². The summed E-state index contributed by atoms with van der Waals surface area (Å²) >= 11 is 0. The summed E-state index contributed by atoms with van der Waals surface area (Å²) in [5, 5.41) is 39.0. The zero-order valence-electron chi connectivity index (χ0n) is 12.5. The van der Waals surface area contributed by atoms with Gasteiger partial charge >= 0.3 is 0 Å². The molecule has 0 aliphatic carbocycles. The molecule has 0 aliphatic heterocycles. The number of hydrogen-bond acceptors (Lipinski definition) is 7. The molecule has 3 N–H and O–H groups in total. The number of ether oxygens (including phenoxy) is 2. The molecule has 0 amide bonds. The third-order valence-corrected chi connectivity index (χ3v) is 3.05.